The van der Waals surface area contributed by atoms with Gasteiger partial charge in [-0.2, -0.15) is 5.10 Å². The molecule has 1 fully saturated rings. The third-order valence-corrected chi connectivity index (χ3v) is 3.43. The van der Waals surface area contributed by atoms with Crippen molar-refractivity contribution in [2.24, 2.45) is 0 Å². The van der Waals surface area contributed by atoms with Gasteiger partial charge in [0.15, 0.2) is 0 Å². The lowest BCUT2D eigenvalue weighted by atomic mass is 9.91. The van der Waals surface area contributed by atoms with E-state index in [0.717, 1.165) is 24.2 Å². The lowest BCUT2D eigenvalue weighted by Gasteiger charge is -2.36. The SMILES string of the molecule is CN1CC(c2ccc(-c3cn[nH]c3N)cc2)C1. The first-order valence-corrected chi connectivity index (χ1v) is 5.82. The molecule has 4 nitrogen and oxygen atoms in total. The van der Waals surface area contributed by atoms with E-state index >= 15 is 0 Å². The van der Waals surface area contributed by atoms with Gasteiger partial charge in [-0.05, 0) is 18.2 Å². The summed E-state index contributed by atoms with van der Waals surface area (Å²) in [6, 6.07) is 8.63. The second-order valence-electron chi connectivity index (χ2n) is 4.74. The Kier molecular flexibility index (Phi) is 2.37. The number of benzene rings is 1. The molecule has 4 heteroatoms. The van der Waals surface area contributed by atoms with Crippen molar-refractivity contribution in [3.63, 3.8) is 0 Å². The molecule has 0 bridgehead atoms. The third-order valence-electron chi connectivity index (χ3n) is 3.43. The summed E-state index contributed by atoms with van der Waals surface area (Å²) in [4.78, 5) is 2.33. The van der Waals surface area contributed by atoms with Gasteiger partial charge >= 0.3 is 0 Å². The van der Waals surface area contributed by atoms with Crippen molar-refractivity contribution in [1.82, 2.24) is 15.1 Å². The van der Waals surface area contributed by atoms with E-state index in [9.17, 15) is 0 Å². The van der Waals surface area contributed by atoms with Crippen molar-refractivity contribution in [3.8, 4) is 11.1 Å². The quantitative estimate of drug-likeness (QED) is 0.822. The van der Waals surface area contributed by atoms with E-state index in [2.05, 4.69) is 46.4 Å². The zero-order chi connectivity index (χ0) is 11.8. The van der Waals surface area contributed by atoms with Gasteiger partial charge in [0.25, 0.3) is 0 Å². The van der Waals surface area contributed by atoms with Gasteiger partial charge in [-0.25, -0.2) is 0 Å². The lowest BCUT2D eigenvalue weighted by Crippen LogP contribution is -2.41. The maximum Gasteiger partial charge on any atom is 0.126 e. The van der Waals surface area contributed by atoms with Crippen molar-refractivity contribution >= 4 is 5.82 Å². The average Bonchev–Trinajstić information content (AvgIpc) is 2.72. The van der Waals surface area contributed by atoms with Crippen LogP contribution in [0.4, 0.5) is 5.82 Å². The highest BCUT2D eigenvalue weighted by Crippen LogP contribution is 2.29. The summed E-state index contributed by atoms with van der Waals surface area (Å²) in [5.41, 5.74) is 9.30. The molecule has 1 aromatic heterocycles. The minimum absolute atomic E-state index is 0.626. The molecule has 1 aromatic carbocycles. The fourth-order valence-corrected chi connectivity index (χ4v) is 2.37. The van der Waals surface area contributed by atoms with Crippen LogP contribution in [0.5, 0.6) is 0 Å². The van der Waals surface area contributed by atoms with E-state index in [1.54, 1.807) is 6.20 Å². The van der Waals surface area contributed by atoms with Gasteiger partial charge in [-0.1, -0.05) is 24.3 Å². The van der Waals surface area contributed by atoms with E-state index in [4.69, 9.17) is 5.73 Å². The summed E-state index contributed by atoms with van der Waals surface area (Å²) in [5.74, 6) is 1.32. The molecule has 0 amide bonds. The first-order valence-electron chi connectivity index (χ1n) is 5.82. The zero-order valence-electron chi connectivity index (χ0n) is 9.85. The number of nitrogens with two attached hydrogens (primary N) is 1. The Hall–Kier alpha value is -1.81. The van der Waals surface area contributed by atoms with Crippen LogP contribution in [0, 0.1) is 0 Å². The number of anilines is 1. The Balaban J connectivity index is 1.83. The number of hydrogen-bond acceptors (Lipinski definition) is 3. The van der Waals surface area contributed by atoms with Gasteiger partial charge < -0.3 is 10.6 Å². The number of H-pyrrole nitrogens is 1. The highest BCUT2D eigenvalue weighted by molar-refractivity contribution is 5.73. The van der Waals surface area contributed by atoms with Crippen LogP contribution in [0.1, 0.15) is 11.5 Å². The molecule has 0 atom stereocenters. The van der Waals surface area contributed by atoms with Crippen molar-refractivity contribution in [2.45, 2.75) is 5.92 Å². The highest BCUT2D eigenvalue weighted by atomic mass is 15.2. The first-order chi connectivity index (χ1) is 8.24. The van der Waals surface area contributed by atoms with Gasteiger partial charge in [0, 0.05) is 24.6 Å². The fourth-order valence-electron chi connectivity index (χ4n) is 2.37. The number of nitrogens with zero attached hydrogens (tertiary/aromatic N) is 2. The third kappa shape index (κ3) is 1.80. The largest absolute Gasteiger partial charge is 0.384 e. The number of aromatic nitrogens is 2. The molecule has 0 unspecified atom stereocenters. The van der Waals surface area contributed by atoms with Crippen molar-refractivity contribution in [3.05, 3.63) is 36.0 Å². The van der Waals surface area contributed by atoms with Crippen molar-refractivity contribution in [2.75, 3.05) is 25.9 Å². The van der Waals surface area contributed by atoms with Crippen molar-refractivity contribution in [1.29, 1.82) is 0 Å². The van der Waals surface area contributed by atoms with Gasteiger partial charge in [-0.3, -0.25) is 5.10 Å². The predicted octanol–water partition coefficient (Wildman–Crippen LogP) is 1.69. The summed E-state index contributed by atoms with van der Waals surface area (Å²) in [5, 5.41) is 6.69. The molecule has 88 valence electrons. The maximum atomic E-state index is 5.80. The van der Waals surface area contributed by atoms with Crippen LogP contribution < -0.4 is 5.73 Å². The van der Waals surface area contributed by atoms with Crippen molar-refractivity contribution < 1.29 is 0 Å². The second-order valence-corrected chi connectivity index (χ2v) is 4.74. The molecule has 2 heterocycles. The Labute approximate surface area is 100 Å². The molecule has 1 aliphatic heterocycles. The molecule has 0 radical (unpaired) electrons. The van der Waals surface area contributed by atoms with Crippen LogP contribution in [0.25, 0.3) is 11.1 Å². The molecule has 1 aliphatic rings. The minimum atomic E-state index is 0.626. The Morgan fingerprint density at radius 2 is 2.00 bits per heavy atom. The predicted molar refractivity (Wildman–Crippen MR) is 68.7 cm³/mol. The van der Waals surface area contributed by atoms with E-state index < -0.39 is 0 Å². The van der Waals surface area contributed by atoms with Gasteiger partial charge in [-0.15, -0.1) is 0 Å². The smallest absolute Gasteiger partial charge is 0.126 e. The number of likely N-dealkylation sites (N-methyl/N-ethyl adjacent to an activating group) is 1. The molecule has 17 heavy (non-hydrogen) atoms. The number of nitrogen functional groups attached to an aromatic ring is 1. The van der Waals surface area contributed by atoms with Gasteiger partial charge in [0.05, 0.1) is 6.20 Å². The summed E-state index contributed by atoms with van der Waals surface area (Å²) in [6.07, 6.45) is 1.77. The average molecular weight is 228 g/mol. The number of likely N-dealkylation sites (tertiary alicyclic amines) is 1. The van der Waals surface area contributed by atoms with Crippen LogP contribution in [-0.2, 0) is 0 Å². The molecule has 0 aliphatic carbocycles. The lowest BCUT2D eigenvalue weighted by molar-refractivity contribution is 0.190. The number of rotatable bonds is 2. The first kappa shape index (κ1) is 10.4. The standard InChI is InChI=1S/C13H16N4/c1-17-7-11(8-17)9-2-4-10(5-3-9)12-6-15-16-13(12)14/h2-6,11H,7-8H2,1H3,(H3,14,15,16). The molecular weight excluding hydrogens is 212 g/mol. The van der Waals surface area contributed by atoms with Crippen LogP contribution in [0.15, 0.2) is 30.5 Å². The number of aromatic amines is 1. The normalized spacial score (nSPS) is 17.0. The molecule has 0 saturated carbocycles. The fraction of sp³-hybridized carbons (Fsp3) is 0.308. The molecule has 3 N–H and O–H groups in total. The van der Waals surface area contributed by atoms with E-state index in [-0.39, 0.29) is 0 Å². The number of nitrogens with one attached hydrogen (secondary N) is 1. The summed E-state index contributed by atoms with van der Waals surface area (Å²) in [7, 11) is 2.15. The van der Waals surface area contributed by atoms with Gasteiger partial charge in [0.1, 0.15) is 5.82 Å². The van der Waals surface area contributed by atoms with E-state index in [1.807, 2.05) is 0 Å². The van der Waals surface area contributed by atoms with Crippen LogP contribution in [0.3, 0.4) is 0 Å². The molecule has 2 aromatic rings. The Morgan fingerprint density at radius 1 is 1.29 bits per heavy atom. The molecular formula is C13H16N4. The maximum absolute atomic E-state index is 5.80. The van der Waals surface area contributed by atoms with Crippen LogP contribution in [-0.4, -0.2) is 35.2 Å². The molecule has 0 spiro atoms. The van der Waals surface area contributed by atoms with Crippen LogP contribution in [0.2, 0.25) is 0 Å². The highest BCUT2D eigenvalue weighted by Gasteiger charge is 2.24. The van der Waals surface area contributed by atoms with E-state index in [0.29, 0.717) is 11.7 Å². The topological polar surface area (TPSA) is 57.9 Å². The van der Waals surface area contributed by atoms with E-state index in [1.165, 1.54) is 5.56 Å². The molecule has 1 saturated heterocycles. The molecule has 3 rings (SSSR count). The van der Waals surface area contributed by atoms with Crippen LogP contribution >= 0.6 is 0 Å². The summed E-state index contributed by atoms with van der Waals surface area (Å²) in [6.45, 7) is 2.32. The summed E-state index contributed by atoms with van der Waals surface area (Å²) >= 11 is 0. The summed E-state index contributed by atoms with van der Waals surface area (Å²) < 4.78 is 0. The monoisotopic (exact) mass is 228 g/mol. The number of hydrogen-bond donors (Lipinski definition) is 2. The Bertz CT molecular complexity index is 508. The Morgan fingerprint density at radius 3 is 2.53 bits per heavy atom. The van der Waals surface area contributed by atoms with Gasteiger partial charge in [0.2, 0.25) is 0 Å². The zero-order valence-corrected chi connectivity index (χ0v) is 9.85. The minimum Gasteiger partial charge on any atom is -0.384 e. The second kappa shape index (κ2) is 3.89.